The van der Waals surface area contributed by atoms with Crippen LogP contribution in [-0.4, -0.2) is 58.4 Å². The fraction of sp³-hybridized carbons (Fsp3) is 0.591. The van der Waals surface area contributed by atoms with E-state index in [9.17, 15) is 4.79 Å². The van der Waals surface area contributed by atoms with Crippen LogP contribution in [0, 0.1) is 0 Å². The van der Waals surface area contributed by atoms with E-state index >= 15 is 0 Å². The summed E-state index contributed by atoms with van der Waals surface area (Å²) >= 11 is 0. The van der Waals surface area contributed by atoms with E-state index in [2.05, 4.69) is 57.6 Å². The first-order chi connectivity index (χ1) is 16.6. The minimum absolute atomic E-state index is 0.109. The lowest BCUT2D eigenvalue weighted by atomic mass is 9.91. The molecule has 2 saturated carbocycles. The molecule has 12 heteroatoms. The molecule has 12 nitrogen and oxygen atoms in total. The number of hydrogen-bond acceptors (Lipinski definition) is 9. The van der Waals surface area contributed by atoms with Gasteiger partial charge in [-0.3, -0.25) is 9.89 Å². The topological polar surface area (TPSA) is 151 Å². The molecule has 0 spiro atoms. The van der Waals surface area contributed by atoms with Crippen LogP contribution in [0.15, 0.2) is 18.3 Å². The zero-order valence-electron chi connectivity index (χ0n) is 19.4. The maximum absolute atomic E-state index is 12.2. The Morgan fingerprint density at radius 1 is 1.12 bits per heavy atom. The quantitative estimate of drug-likeness (QED) is 0.391. The van der Waals surface area contributed by atoms with E-state index in [4.69, 9.17) is 0 Å². The Labute approximate surface area is 197 Å². The molecule has 0 aliphatic heterocycles. The number of nitrogens with one attached hydrogen (secondary N) is 4. The molecule has 0 radical (unpaired) electrons. The molecule has 3 aromatic rings. The number of aromatic nitrogens is 8. The maximum atomic E-state index is 12.2. The second kappa shape index (κ2) is 10.2. The molecule has 1 amide bonds. The Morgan fingerprint density at radius 2 is 1.91 bits per heavy atom. The van der Waals surface area contributed by atoms with Gasteiger partial charge in [0.1, 0.15) is 11.6 Å². The lowest BCUT2D eigenvalue weighted by Crippen LogP contribution is -2.42. The van der Waals surface area contributed by atoms with E-state index in [1.807, 2.05) is 6.07 Å². The molecule has 0 saturated heterocycles. The summed E-state index contributed by atoms with van der Waals surface area (Å²) in [6, 6.07) is 4.44. The van der Waals surface area contributed by atoms with Gasteiger partial charge in [0.25, 0.3) is 11.7 Å². The van der Waals surface area contributed by atoms with Crippen molar-refractivity contribution < 1.29 is 4.79 Å². The minimum Gasteiger partial charge on any atom is -0.346 e. The predicted octanol–water partition coefficient (Wildman–Crippen LogP) is 1.96. The number of aryl methyl sites for hydroxylation is 1. The van der Waals surface area contributed by atoms with Crippen LogP contribution in [0.25, 0.3) is 0 Å². The van der Waals surface area contributed by atoms with Gasteiger partial charge in [0.05, 0.1) is 13.6 Å². The average molecular weight is 466 g/mol. The second-order valence-corrected chi connectivity index (χ2v) is 9.18. The summed E-state index contributed by atoms with van der Waals surface area (Å²) in [4.78, 5) is 22.5. The van der Waals surface area contributed by atoms with Crippen LogP contribution in [0.2, 0.25) is 0 Å². The van der Waals surface area contributed by atoms with Crippen LogP contribution in [0.1, 0.15) is 79.4 Å². The lowest BCUT2D eigenvalue weighted by molar-refractivity contribution is 0.0913. The van der Waals surface area contributed by atoms with Crippen LogP contribution in [0.4, 0.5) is 11.6 Å². The number of nitrogens with zero attached hydrogens (tertiary/aromatic N) is 7. The van der Waals surface area contributed by atoms with Crippen LogP contribution in [0.5, 0.6) is 0 Å². The van der Waals surface area contributed by atoms with Crippen molar-refractivity contribution >= 4 is 17.5 Å². The molecule has 180 valence electrons. The highest BCUT2D eigenvalue weighted by Crippen LogP contribution is 2.33. The zero-order valence-corrected chi connectivity index (χ0v) is 19.4. The largest absolute Gasteiger partial charge is 0.346 e. The van der Waals surface area contributed by atoms with Crippen molar-refractivity contribution in [3.05, 3.63) is 35.7 Å². The van der Waals surface area contributed by atoms with Crippen molar-refractivity contribution in [1.29, 1.82) is 0 Å². The Hall–Kier alpha value is -3.41. The van der Waals surface area contributed by atoms with Gasteiger partial charge in [0.15, 0.2) is 5.82 Å². The number of aromatic amines is 1. The molecule has 3 heterocycles. The fourth-order valence-corrected chi connectivity index (χ4v) is 4.83. The first kappa shape index (κ1) is 22.4. The van der Waals surface area contributed by atoms with Crippen molar-refractivity contribution in [3.8, 4) is 0 Å². The van der Waals surface area contributed by atoms with E-state index < -0.39 is 0 Å². The first-order valence-electron chi connectivity index (χ1n) is 12.0. The number of carbonyl (C=O) groups excluding carboxylic acids is 1. The number of H-pyrrole nitrogens is 1. The monoisotopic (exact) mass is 465 g/mol. The highest BCUT2D eigenvalue weighted by Gasteiger charge is 2.24. The molecule has 0 bridgehead atoms. The summed E-state index contributed by atoms with van der Waals surface area (Å²) in [6.45, 7) is 0.592. The Morgan fingerprint density at radius 3 is 2.68 bits per heavy atom. The van der Waals surface area contributed by atoms with Crippen LogP contribution in [-0.2, 0) is 13.6 Å². The highest BCUT2D eigenvalue weighted by molar-refractivity contribution is 5.90. The molecule has 0 atom stereocenters. The summed E-state index contributed by atoms with van der Waals surface area (Å²) in [5, 5.41) is 28.8. The summed E-state index contributed by atoms with van der Waals surface area (Å²) < 4.78 is 0. The zero-order chi connectivity index (χ0) is 23.3. The molecule has 2 fully saturated rings. The SMILES string of the molecule is Cn1nnc(C(=O)NC2CCC(NCc3nccc(Nc4cc(C5CCCC5)[nH]n4)n3)CC2)n1. The van der Waals surface area contributed by atoms with E-state index in [1.165, 1.54) is 36.2 Å². The second-order valence-electron chi connectivity index (χ2n) is 9.18. The van der Waals surface area contributed by atoms with Gasteiger partial charge in [-0.05, 0) is 49.8 Å². The molecular formula is C22H31N11O. The van der Waals surface area contributed by atoms with Crippen molar-refractivity contribution in [2.75, 3.05) is 5.32 Å². The van der Waals surface area contributed by atoms with Gasteiger partial charge >= 0.3 is 0 Å². The molecule has 0 aromatic carbocycles. The van der Waals surface area contributed by atoms with Crippen molar-refractivity contribution in [2.45, 2.75) is 75.9 Å². The standard InChI is InChI=1S/C22H31N11O/c1-33-31-21(30-32-33)22(34)25-16-8-6-15(7-9-16)24-13-20-23-11-10-18(27-20)26-19-12-17(28-29-19)14-4-2-3-5-14/h10-12,14-16,24H,2-9,13H2,1H3,(H,25,34)(H2,23,26,27,28,29). The Bertz CT molecular complexity index is 1100. The minimum atomic E-state index is -0.269. The summed E-state index contributed by atoms with van der Waals surface area (Å²) in [6.07, 6.45) is 10.6. The third kappa shape index (κ3) is 5.56. The number of rotatable bonds is 8. The molecule has 2 aliphatic carbocycles. The van der Waals surface area contributed by atoms with E-state index in [-0.39, 0.29) is 17.8 Å². The van der Waals surface area contributed by atoms with E-state index in [0.717, 1.165) is 43.1 Å². The summed E-state index contributed by atoms with van der Waals surface area (Å²) in [5.74, 6) is 2.70. The Kier molecular flexibility index (Phi) is 6.74. The van der Waals surface area contributed by atoms with Gasteiger partial charge in [-0.1, -0.05) is 12.8 Å². The third-order valence-electron chi connectivity index (χ3n) is 6.68. The molecule has 5 rings (SSSR count). The maximum Gasteiger partial charge on any atom is 0.293 e. The first-order valence-corrected chi connectivity index (χ1v) is 12.0. The van der Waals surface area contributed by atoms with Gasteiger partial charge in [-0.25, -0.2) is 9.97 Å². The number of carbonyl (C=O) groups is 1. The predicted molar refractivity (Wildman–Crippen MR) is 124 cm³/mol. The number of amides is 1. The molecule has 2 aliphatic rings. The van der Waals surface area contributed by atoms with Gasteiger partial charge in [0, 0.05) is 36.0 Å². The summed E-state index contributed by atoms with van der Waals surface area (Å²) in [5.41, 5.74) is 1.20. The van der Waals surface area contributed by atoms with Crippen LogP contribution >= 0.6 is 0 Å². The van der Waals surface area contributed by atoms with E-state index in [0.29, 0.717) is 18.5 Å². The number of tetrazole rings is 1. The van der Waals surface area contributed by atoms with Gasteiger partial charge < -0.3 is 16.0 Å². The number of anilines is 2. The van der Waals surface area contributed by atoms with Crippen LogP contribution in [0.3, 0.4) is 0 Å². The lowest BCUT2D eigenvalue weighted by Gasteiger charge is -2.29. The Balaban J connectivity index is 1.07. The van der Waals surface area contributed by atoms with Gasteiger partial charge in [-0.15, -0.1) is 10.2 Å². The molecule has 34 heavy (non-hydrogen) atoms. The molecular weight excluding hydrogens is 434 g/mol. The highest BCUT2D eigenvalue weighted by atomic mass is 16.2. The molecule has 3 aromatic heterocycles. The van der Waals surface area contributed by atoms with Gasteiger partial charge in [-0.2, -0.15) is 9.90 Å². The molecule has 0 unspecified atom stereocenters. The van der Waals surface area contributed by atoms with Crippen molar-refractivity contribution in [1.82, 2.24) is 51.0 Å². The van der Waals surface area contributed by atoms with Crippen molar-refractivity contribution in [2.24, 2.45) is 7.05 Å². The normalized spacial score (nSPS) is 21.0. The average Bonchev–Trinajstić information content (AvgIpc) is 3.61. The smallest absolute Gasteiger partial charge is 0.293 e. The van der Waals surface area contributed by atoms with Gasteiger partial charge in [0.2, 0.25) is 0 Å². The fourth-order valence-electron chi connectivity index (χ4n) is 4.83. The number of hydrogen-bond donors (Lipinski definition) is 4. The third-order valence-corrected chi connectivity index (χ3v) is 6.68. The van der Waals surface area contributed by atoms with Crippen LogP contribution < -0.4 is 16.0 Å². The van der Waals surface area contributed by atoms with Crippen molar-refractivity contribution in [3.63, 3.8) is 0 Å². The summed E-state index contributed by atoms with van der Waals surface area (Å²) in [7, 11) is 1.64. The molecule has 4 N–H and O–H groups in total. The van der Waals surface area contributed by atoms with E-state index in [1.54, 1.807) is 13.2 Å².